The van der Waals surface area contributed by atoms with E-state index >= 15 is 0 Å². The number of aromatic nitrogens is 1. The van der Waals surface area contributed by atoms with Gasteiger partial charge in [-0.1, -0.05) is 25.1 Å². The van der Waals surface area contributed by atoms with Gasteiger partial charge in [0.05, 0.1) is 24.9 Å². The summed E-state index contributed by atoms with van der Waals surface area (Å²) in [6.45, 7) is 5.34. The number of aryl methyl sites for hydroxylation is 1. The highest BCUT2D eigenvalue weighted by molar-refractivity contribution is 5.98. The lowest BCUT2D eigenvalue weighted by Crippen LogP contribution is -2.25. The predicted octanol–water partition coefficient (Wildman–Crippen LogP) is 2.56. The summed E-state index contributed by atoms with van der Waals surface area (Å²) < 4.78 is 5.37. The van der Waals surface area contributed by atoms with Crippen LogP contribution in [0.1, 0.15) is 51.4 Å². The van der Waals surface area contributed by atoms with E-state index in [0.717, 1.165) is 17.7 Å². The van der Waals surface area contributed by atoms with Gasteiger partial charge < -0.3 is 15.0 Å². The molecular weight excluding hydrogens is 330 g/mol. The predicted molar refractivity (Wildman–Crippen MR) is 98.2 cm³/mol. The highest BCUT2D eigenvalue weighted by Gasteiger charge is 2.29. The summed E-state index contributed by atoms with van der Waals surface area (Å²) in [4.78, 5) is 31.1. The second-order valence-electron chi connectivity index (χ2n) is 6.16. The number of methoxy groups -OCH3 is 1. The van der Waals surface area contributed by atoms with Crippen LogP contribution in [0.2, 0.25) is 0 Å². The van der Waals surface area contributed by atoms with Crippen LogP contribution in [0.4, 0.5) is 0 Å². The molecule has 1 aliphatic rings. The molecular formula is C20H23N3O3. The number of hydrogen-bond acceptors (Lipinski definition) is 4. The summed E-state index contributed by atoms with van der Waals surface area (Å²) in [6, 6.07) is 9.32. The van der Waals surface area contributed by atoms with Gasteiger partial charge in [0.15, 0.2) is 0 Å². The van der Waals surface area contributed by atoms with Gasteiger partial charge in [-0.3, -0.25) is 9.59 Å². The van der Waals surface area contributed by atoms with E-state index in [0.29, 0.717) is 35.7 Å². The minimum absolute atomic E-state index is 0.0263. The lowest BCUT2D eigenvalue weighted by molar-refractivity contribution is 0.0786. The molecule has 0 unspecified atom stereocenters. The van der Waals surface area contributed by atoms with Crippen molar-refractivity contribution < 1.29 is 14.3 Å². The molecule has 2 heterocycles. The molecule has 0 radical (unpaired) electrons. The van der Waals surface area contributed by atoms with Crippen molar-refractivity contribution in [2.75, 3.05) is 13.7 Å². The van der Waals surface area contributed by atoms with Crippen LogP contribution in [0.3, 0.4) is 0 Å². The molecule has 0 spiro atoms. The first-order valence-electron chi connectivity index (χ1n) is 8.81. The highest BCUT2D eigenvalue weighted by atomic mass is 16.5. The summed E-state index contributed by atoms with van der Waals surface area (Å²) in [5, 5.41) is 2.91. The van der Waals surface area contributed by atoms with Crippen molar-refractivity contribution in [1.82, 2.24) is 15.2 Å². The average molecular weight is 353 g/mol. The Morgan fingerprint density at radius 3 is 2.73 bits per heavy atom. The summed E-state index contributed by atoms with van der Waals surface area (Å²) in [6.07, 6.45) is 0.786. The maximum Gasteiger partial charge on any atom is 0.256 e. The first kappa shape index (κ1) is 17.9. The minimum atomic E-state index is -0.147. The Morgan fingerprint density at radius 2 is 2.04 bits per heavy atom. The second-order valence-corrected chi connectivity index (χ2v) is 6.16. The Morgan fingerprint density at radius 1 is 1.27 bits per heavy atom. The zero-order valence-corrected chi connectivity index (χ0v) is 15.3. The fourth-order valence-electron chi connectivity index (χ4n) is 3.18. The van der Waals surface area contributed by atoms with E-state index in [1.54, 1.807) is 18.1 Å². The van der Waals surface area contributed by atoms with Crippen molar-refractivity contribution in [1.29, 1.82) is 0 Å². The molecule has 136 valence electrons. The molecule has 1 N–H and O–H groups in total. The third kappa shape index (κ3) is 3.27. The molecule has 0 bridgehead atoms. The van der Waals surface area contributed by atoms with Gasteiger partial charge in [-0.25, -0.2) is 4.98 Å². The fraction of sp³-hybridized carbons (Fsp3) is 0.350. The SMILES string of the molecule is CCc1ccccc1C(=O)NCc1cc2c(nc1OC)CN(CC)C2=O. The largest absolute Gasteiger partial charge is 0.481 e. The fourth-order valence-corrected chi connectivity index (χ4v) is 3.18. The average Bonchev–Trinajstić information content (AvgIpc) is 3.00. The summed E-state index contributed by atoms with van der Waals surface area (Å²) >= 11 is 0. The van der Waals surface area contributed by atoms with Crippen LogP contribution in [0.15, 0.2) is 30.3 Å². The summed E-state index contributed by atoms with van der Waals surface area (Å²) in [5.41, 5.74) is 3.67. The lowest BCUT2D eigenvalue weighted by Gasteiger charge is -2.12. The number of fused-ring (bicyclic) bond motifs is 1. The van der Waals surface area contributed by atoms with E-state index in [-0.39, 0.29) is 18.4 Å². The third-order valence-electron chi connectivity index (χ3n) is 4.66. The number of carbonyl (C=O) groups is 2. The van der Waals surface area contributed by atoms with Gasteiger partial charge in [0.1, 0.15) is 0 Å². The van der Waals surface area contributed by atoms with Crippen LogP contribution in [0, 0.1) is 0 Å². The van der Waals surface area contributed by atoms with Crippen molar-refractivity contribution in [3.63, 3.8) is 0 Å². The molecule has 0 saturated heterocycles. The normalized spacial score (nSPS) is 12.9. The first-order chi connectivity index (χ1) is 12.6. The standard InChI is InChI=1S/C20H23N3O3/c1-4-13-8-6-7-9-15(13)18(24)21-11-14-10-16-17(22-19(14)26-3)12-23(5-2)20(16)25/h6-10H,4-5,11-12H2,1-3H3,(H,21,24). The Labute approximate surface area is 153 Å². The third-order valence-corrected chi connectivity index (χ3v) is 4.66. The first-order valence-corrected chi connectivity index (χ1v) is 8.81. The van der Waals surface area contributed by atoms with Gasteiger partial charge in [-0.15, -0.1) is 0 Å². The highest BCUT2D eigenvalue weighted by Crippen LogP contribution is 2.27. The Balaban J connectivity index is 1.81. The van der Waals surface area contributed by atoms with E-state index in [9.17, 15) is 9.59 Å². The van der Waals surface area contributed by atoms with Gasteiger partial charge in [0.2, 0.25) is 5.88 Å². The second kappa shape index (κ2) is 7.56. The Bertz CT molecular complexity index is 848. The molecule has 3 rings (SSSR count). The van der Waals surface area contributed by atoms with E-state index in [4.69, 9.17) is 4.74 Å². The van der Waals surface area contributed by atoms with Crippen LogP contribution in [0.5, 0.6) is 5.88 Å². The quantitative estimate of drug-likeness (QED) is 0.866. The minimum Gasteiger partial charge on any atom is -0.481 e. The van der Waals surface area contributed by atoms with Gasteiger partial charge >= 0.3 is 0 Å². The molecule has 0 saturated carbocycles. The molecule has 6 heteroatoms. The lowest BCUT2D eigenvalue weighted by atomic mass is 10.0. The number of pyridine rings is 1. The molecule has 0 fully saturated rings. The number of nitrogens with zero attached hydrogens (tertiary/aromatic N) is 2. The number of hydrogen-bond donors (Lipinski definition) is 1. The maximum absolute atomic E-state index is 12.5. The molecule has 2 amide bonds. The molecule has 1 aromatic carbocycles. The van der Waals surface area contributed by atoms with Crippen molar-refractivity contribution >= 4 is 11.8 Å². The van der Waals surface area contributed by atoms with Crippen molar-refractivity contribution in [2.45, 2.75) is 33.4 Å². The van der Waals surface area contributed by atoms with Gasteiger partial charge in [0.25, 0.3) is 11.8 Å². The van der Waals surface area contributed by atoms with Crippen LogP contribution in [-0.4, -0.2) is 35.4 Å². The van der Waals surface area contributed by atoms with Gasteiger partial charge in [-0.05, 0) is 31.0 Å². The number of rotatable bonds is 6. The molecule has 1 aromatic heterocycles. The Kier molecular flexibility index (Phi) is 5.21. The molecule has 26 heavy (non-hydrogen) atoms. The number of ether oxygens (including phenoxy) is 1. The van der Waals surface area contributed by atoms with Crippen LogP contribution in [0.25, 0.3) is 0 Å². The van der Waals surface area contributed by atoms with Gasteiger partial charge in [-0.2, -0.15) is 0 Å². The zero-order chi connectivity index (χ0) is 18.7. The molecule has 0 atom stereocenters. The van der Waals surface area contributed by atoms with E-state index in [2.05, 4.69) is 10.3 Å². The molecule has 0 aliphatic carbocycles. The van der Waals surface area contributed by atoms with Crippen molar-refractivity contribution in [3.8, 4) is 5.88 Å². The molecule has 1 aliphatic heterocycles. The Hall–Kier alpha value is -2.89. The summed E-state index contributed by atoms with van der Waals surface area (Å²) in [7, 11) is 1.54. The van der Waals surface area contributed by atoms with Crippen LogP contribution in [-0.2, 0) is 19.5 Å². The topological polar surface area (TPSA) is 71.5 Å². The van der Waals surface area contributed by atoms with Crippen molar-refractivity contribution in [3.05, 3.63) is 58.3 Å². The summed E-state index contributed by atoms with van der Waals surface area (Å²) in [5.74, 6) is 0.270. The number of amides is 2. The van der Waals surface area contributed by atoms with Gasteiger partial charge in [0, 0.05) is 24.2 Å². The van der Waals surface area contributed by atoms with Crippen molar-refractivity contribution in [2.24, 2.45) is 0 Å². The molecule has 6 nitrogen and oxygen atoms in total. The maximum atomic E-state index is 12.5. The van der Waals surface area contributed by atoms with E-state index < -0.39 is 0 Å². The van der Waals surface area contributed by atoms with Crippen LogP contribution >= 0.6 is 0 Å². The zero-order valence-electron chi connectivity index (χ0n) is 15.3. The van der Waals surface area contributed by atoms with E-state index in [1.807, 2.05) is 38.1 Å². The number of carbonyl (C=O) groups excluding carboxylic acids is 2. The van der Waals surface area contributed by atoms with E-state index in [1.165, 1.54) is 0 Å². The number of benzene rings is 1. The number of nitrogens with one attached hydrogen (secondary N) is 1. The molecule has 2 aromatic rings. The smallest absolute Gasteiger partial charge is 0.256 e. The monoisotopic (exact) mass is 353 g/mol. The van der Waals surface area contributed by atoms with Crippen LogP contribution < -0.4 is 10.1 Å².